The lowest BCUT2D eigenvalue weighted by Gasteiger charge is -2.37. The van der Waals surface area contributed by atoms with Crippen LogP contribution in [0.25, 0.3) is 5.65 Å². The number of carbonyl (C=O) groups excluding carboxylic acids is 2. The van der Waals surface area contributed by atoms with Crippen molar-refractivity contribution in [1.29, 1.82) is 0 Å². The molecule has 7 nitrogen and oxygen atoms in total. The number of fused-ring (bicyclic) bond motifs is 2. The Labute approximate surface area is 188 Å². The number of aromatic nitrogens is 2. The number of carbonyl (C=O) groups is 2. The van der Waals surface area contributed by atoms with Crippen LogP contribution in [0.5, 0.6) is 0 Å². The zero-order chi connectivity index (χ0) is 22.7. The van der Waals surface area contributed by atoms with Gasteiger partial charge in [0.05, 0.1) is 6.04 Å². The van der Waals surface area contributed by atoms with Gasteiger partial charge in [0, 0.05) is 44.4 Å². The van der Waals surface area contributed by atoms with Gasteiger partial charge in [-0.2, -0.15) is 0 Å². The van der Waals surface area contributed by atoms with Gasteiger partial charge in [-0.25, -0.2) is 13.8 Å². The lowest BCUT2D eigenvalue weighted by Crippen LogP contribution is -2.51. The highest BCUT2D eigenvalue weighted by atomic mass is 19.1. The van der Waals surface area contributed by atoms with Crippen molar-refractivity contribution in [3.63, 3.8) is 0 Å². The van der Waals surface area contributed by atoms with Crippen LogP contribution in [-0.2, 0) is 9.53 Å². The van der Waals surface area contributed by atoms with Gasteiger partial charge in [0.2, 0.25) is 0 Å². The predicted molar refractivity (Wildman–Crippen MR) is 113 cm³/mol. The molecule has 0 bridgehead atoms. The van der Waals surface area contributed by atoms with Crippen molar-refractivity contribution in [3.05, 3.63) is 71.7 Å². The van der Waals surface area contributed by atoms with Crippen LogP contribution >= 0.6 is 0 Å². The van der Waals surface area contributed by atoms with Gasteiger partial charge in [-0.3, -0.25) is 9.59 Å². The summed E-state index contributed by atoms with van der Waals surface area (Å²) in [5.41, 5.74) is 0.516. The van der Waals surface area contributed by atoms with E-state index in [0.29, 0.717) is 55.7 Å². The molecule has 1 spiro atoms. The zero-order valence-electron chi connectivity index (χ0n) is 17.8. The number of halogens is 2. The summed E-state index contributed by atoms with van der Waals surface area (Å²) in [7, 11) is 0. The van der Waals surface area contributed by atoms with Gasteiger partial charge in [-0.05, 0) is 42.7 Å². The highest BCUT2D eigenvalue weighted by Gasteiger charge is 2.58. The number of imidazole rings is 1. The fraction of sp³-hybridized carbons (Fsp3) is 0.375. The van der Waals surface area contributed by atoms with Crippen LogP contribution < -0.4 is 0 Å². The average Bonchev–Trinajstić information content (AvgIpc) is 3.48. The van der Waals surface area contributed by atoms with E-state index >= 15 is 0 Å². The molecule has 2 amide bonds. The van der Waals surface area contributed by atoms with Gasteiger partial charge in [-0.1, -0.05) is 6.07 Å². The third kappa shape index (κ3) is 3.21. The quantitative estimate of drug-likeness (QED) is 0.599. The maximum Gasteiger partial charge on any atom is 0.274 e. The van der Waals surface area contributed by atoms with Crippen molar-refractivity contribution >= 4 is 17.5 Å². The van der Waals surface area contributed by atoms with Gasteiger partial charge in [-0.15, -0.1) is 0 Å². The Hall–Kier alpha value is -3.33. The second kappa shape index (κ2) is 7.34. The topological polar surface area (TPSA) is 67.2 Å². The maximum atomic E-state index is 13.8. The zero-order valence-corrected chi connectivity index (χ0v) is 17.8. The highest BCUT2D eigenvalue weighted by molar-refractivity contribution is 5.94. The second-order valence-electron chi connectivity index (χ2n) is 8.96. The molecule has 0 saturated carbocycles. The molecule has 3 aliphatic rings. The molecule has 3 saturated heterocycles. The number of pyridine rings is 1. The third-order valence-corrected chi connectivity index (χ3v) is 7.03. The molecule has 3 aromatic rings. The Kier molecular flexibility index (Phi) is 4.52. The molecule has 170 valence electrons. The standard InChI is InChI=1S/C24H22F2N4O3/c25-16-11-15(12-17(26)13-16)19-4-5-21-30(19)23(32)24(33-21)6-9-28(10-7-24)22(31)18-14-29-8-2-1-3-20(29)27-18/h1-3,8,11-14,19,21H,4-7,9-10H2. The van der Waals surface area contributed by atoms with Crippen LogP contribution in [0, 0.1) is 11.6 Å². The number of nitrogens with zero attached hydrogens (tertiary/aromatic N) is 4. The van der Waals surface area contributed by atoms with E-state index in [2.05, 4.69) is 4.98 Å². The van der Waals surface area contributed by atoms with E-state index in [1.165, 1.54) is 12.1 Å². The van der Waals surface area contributed by atoms with Crippen molar-refractivity contribution in [2.75, 3.05) is 13.1 Å². The largest absolute Gasteiger partial charge is 0.342 e. The number of amides is 2. The van der Waals surface area contributed by atoms with E-state index in [0.717, 1.165) is 6.07 Å². The van der Waals surface area contributed by atoms with Gasteiger partial charge in [0.25, 0.3) is 11.8 Å². The van der Waals surface area contributed by atoms with Crippen LogP contribution in [-0.4, -0.2) is 55.9 Å². The Morgan fingerprint density at radius 1 is 1.09 bits per heavy atom. The first-order valence-corrected chi connectivity index (χ1v) is 11.1. The van der Waals surface area contributed by atoms with Crippen LogP contribution in [0.15, 0.2) is 48.8 Å². The number of ether oxygens (including phenoxy) is 1. The molecule has 3 fully saturated rings. The first-order valence-electron chi connectivity index (χ1n) is 11.1. The number of hydrogen-bond donors (Lipinski definition) is 0. The van der Waals surface area contributed by atoms with Crippen molar-refractivity contribution in [3.8, 4) is 0 Å². The molecule has 1 aromatic carbocycles. The van der Waals surface area contributed by atoms with Gasteiger partial charge in [0.1, 0.15) is 29.2 Å². The van der Waals surface area contributed by atoms with E-state index < -0.39 is 29.5 Å². The fourth-order valence-electron chi connectivity index (χ4n) is 5.41. The Morgan fingerprint density at radius 3 is 2.58 bits per heavy atom. The number of rotatable bonds is 2. The summed E-state index contributed by atoms with van der Waals surface area (Å²) in [6.07, 6.45) is 5.09. The minimum atomic E-state index is -0.995. The van der Waals surface area contributed by atoms with Gasteiger partial charge >= 0.3 is 0 Å². The van der Waals surface area contributed by atoms with Crippen molar-refractivity contribution < 1.29 is 23.1 Å². The Bertz CT molecular complexity index is 1210. The lowest BCUT2D eigenvalue weighted by molar-refractivity contribution is -0.142. The van der Waals surface area contributed by atoms with Crippen LogP contribution in [0.4, 0.5) is 8.78 Å². The van der Waals surface area contributed by atoms with E-state index in [9.17, 15) is 18.4 Å². The summed E-state index contributed by atoms with van der Waals surface area (Å²) >= 11 is 0. The van der Waals surface area contributed by atoms with Crippen molar-refractivity contribution in [2.24, 2.45) is 0 Å². The van der Waals surface area contributed by atoms with Gasteiger partial charge in [0.15, 0.2) is 5.60 Å². The monoisotopic (exact) mass is 452 g/mol. The Balaban J connectivity index is 1.18. The summed E-state index contributed by atoms with van der Waals surface area (Å²) in [5, 5.41) is 0. The lowest BCUT2D eigenvalue weighted by atomic mass is 9.89. The fourth-order valence-corrected chi connectivity index (χ4v) is 5.41. The maximum absolute atomic E-state index is 13.8. The summed E-state index contributed by atoms with van der Waals surface area (Å²) < 4.78 is 35.6. The van der Waals surface area contributed by atoms with E-state index in [1.807, 2.05) is 24.4 Å². The van der Waals surface area contributed by atoms with Crippen molar-refractivity contribution in [2.45, 2.75) is 43.6 Å². The molecule has 0 N–H and O–H groups in total. The van der Waals surface area contributed by atoms with E-state index in [-0.39, 0.29) is 11.8 Å². The van der Waals surface area contributed by atoms with Crippen LogP contribution in [0.1, 0.15) is 47.8 Å². The third-order valence-electron chi connectivity index (χ3n) is 7.03. The second-order valence-corrected chi connectivity index (χ2v) is 8.96. The molecular weight excluding hydrogens is 430 g/mol. The minimum absolute atomic E-state index is 0.153. The number of hydrogen-bond acceptors (Lipinski definition) is 4. The predicted octanol–water partition coefficient (Wildman–Crippen LogP) is 3.31. The number of benzene rings is 1. The number of piperidine rings is 1. The molecule has 2 aromatic heterocycles. The summed E-state index contributed by atoms with van der Waals surface area (Å²) in [5.74, 6) is -1.64. The van der Waals surface area contributed by atoms with Crippen LogP contribution in [0.3, 0.4) is 0 Å². The molecule has 0 aliphatic carbocycles. The smallest absolute Gasteiger partial charge is 0.274 e. The van der Waals surface area contributed by atoms with Crippen LogP contribution in [0.2, 0.25) is 0 Å². The first-order chi connectivity index (χ1) is 15.9. The minimum Gasteiger partial charge on any atom is -0.342 e. The molecule has 2 unspecified atom stereocenters. The van der Waals surface area contributed by atoms with E-state index in [1.54, 1.807) is 20.4 Å². The SMILES string of the molecule is O=C(c1cn2ccccc2n1)N1CCC2(CC1)OC1CCC(c3cc(F)cc(F)c3)N1C2=O. The molecule has 2 atom stereocenters. The molecular formula is C24H22F2N4O3. The van der Waals surface area contributed by atoms with E-state index in [4.69, 9.17) is 4.74 Å². The Morgan fingerprint density at radius 2 is 1.85 bits per heavy atom. The normalized spacial score (nSPS) is 24.1. The first kappa shape index (κ1) is 20.3. The summed E-state index contributed by atoms with van der Waals surface area (Å²) in [6.45, 7) is 0.747. The molecule has 0 radical (unpaired) electrons. The number of likely N-dealkylation sites (tertiary alicyclic amines) is 1. The summed E-state index contributed by atoms with van der Waals surface area (Å²) in [4.78, 5) is 34.2. The average molecular weight is 452 g/mol. The van der Waals surface area contributed by atoms with Gasteiger partial charge < -0.3 is 18.9 Å². The molecule has 3 aliphatic heterocycles. The molecule has 6 rings (SSSR count). The van der Waals surface area contributed by atoms with Crippen molar-refractivity contribution in [1.82, 2.24) is 19.2 Å². The summed E-state index contributed by atoms with van der Waals surface area (Å²) in [6, 6.07) is 8.55. The molecule has 5 heterocycles. The highest BCUT2D eigenvalue weighted by Crippen LogP contribution is 2.47. The molecule has 9 heteroatoms. The molecule has 33 heavy (non-hydrogen) atoms.